The average molecular weight is 154 g/mol. The second kappa shape index (κ2) is 2.57. The molecule has 2 rings (SSSR count). The molecule has 0 aliphatic carbocycles. The maximum absolute atomic E-state index is 11.0. The van der Waals surface area contributed by atoms with Crippen molar-refractivity contribution in [3.63, 3.8) is 0 Å². The van der Waals surface area contributed by atoms with Gasteiger partial charge in [-0.1, -0.05) is 0 Å². The van der Waals surface area contributed by atoms with Gasteiger partial charge < -0.3 is 9.47 Å². The van der Waals surface area contributed by atoms with Crippen molar-refractivity contribution in [1.29, 1.82) is 0 Å². The molecule has 2 saturated heterocycles. The van der Waals surface area contributed by atoms with Gasteiger partial charge in [0.1, 0.15) is 5.76 Å². The van der Waals surface area contributed by atoms with Crippen LogP contribution in [0.4, 0.5) is 0 Å². The lowest BCUT2D eigenvalue weighted by atomic mass is 10.1. The highest BCUT2D eigenvalue weighted by Gasteiger charge is 2.25. The molecule has 0 aromatic heterocycles. The van der Waals surface area contributed by atoms with Crippen LogP contribution < -0.4 is 0 Å². The number of hydrogen-bond donors (Lipinski definition) is 0. The lowest BCUT2D eigenvalue weighted by Gasteiger charge is -1.98. The quantitative estimate of drug-likeness (QED) is 0.385. The lowest BCUT2D eigenvalue weighted by Crippen LogP contribution is -1.98. The number of rotatable bonds is 0. The number of carbonyl (C=O) groups is 1. The van der Waals surface area contributed by atoms with E-state index in [0.29, 0.717) is 6.61 Å². The summed E-state index contributed by atoms with van der Waals surface area (Å²) in [5.74, 6) is 0.689. The smallest absolute Gasteiger partial charge is 0.337 e. The highest BCUT2D eigenvalue weighted by atomic mass is 16.5. The molecule has 0 N–H and O–H groups in total. The van der Waals surface area contributed by atoms with Crippen LogP contribution >= 0.6 is 0 Å². The molecule has 0 saturated carbocycles. The Morgan fingerprint density at radius 2 is 2.00 bits per heavy atom. The topological polar surface area (TPSA) is 35.5 Å². The zero-order valence-electron chi connectivity index (χ0n) is 6.26. The SMILES string of the molecule is O=C1OCCC1=C1CCCO1. The molecular formula is C8H10O3. The predicted molar refractivity (Wildman–Crippen MR) is 37.8 cm³/mol. The van der Waals surface area contributed by atoms with Crippen molar-refractivity contribution in [3.8, 4) is 0 Å². The Hall–Kier alpha value is -0.990. The molecule has 0 aromatic carbocycles. The van der Waals surface area contributed by atoms with Crippen LogP contribution in [0.15, 0.2) is 11.3 Å². The highest BCUT2D eigenvalue weighted by Crippen LogP contribution is 2.25. The van der Waals surface area contributed by atoms with Gasteiger partial charge in [0.2, 0.25) is 0 Å². The molecule has 2 aliphatic heterocycles. The fraction of sp³-hybridized carbons (Fsp3) is 0.625. The summed E-state index contributed by atoms with van der Waals surface area (Å²) in [6, 6.07) is 0. The Balaban J connectivity index is 2.23. The van der Waals surface area contributed by atoms with Crippen LogP contribution in [0.2, 0.25) is 0 Å². The van der Waals surface area contributed by atoms with Crippen LogP contribution in [0.1, 0.15) is 19.3 Å². The molecule has 0 amide bonds. The summed E-state index contributed by atoms with van der Waals surface area (Å²) in [7, 11) is 0. The summed E-state index contributed by atoms with van der Waals surface area (Å²) in [5.41, 5.74) is 0.766. The van der Waals surface area contributed by atoms with E-state index in [4.69, 9.17) is 9.47 Å². The van der Waals surface area contributed by atoms with Crippen LogP contribution in [-0.2, 0) is 14.3 Å². The molecule has 3 nitrogen and oxygen atoms in total. The van der Waals surface area contributed by atoms with Gasteiger partial charge in [0, 0.05) is 12.8 Å². The van der Waals surface area contributed by atoms with Gasteiger partial charge in [0.15, 0.2) is 0 Å². The molecule has 3 heteroatoms. The van der Waals surface area contributed by atoms with E-state index in [1.165, 1.54) is 0 Å². The van der Waals surface area contributed by atoms with E-state index in [-0.39, 0.29) is 5.97 Å². The first kappa shape index (κ1) is 6.70. The summed E-state index contributed by atoms with van der Waals surface area (Å²) in [6.45, 7) is 1.28. The molecule has 0 aromatic rings. The largest absolute Gasteiger partial charge is 0.497 e. The Kier molecular flexibility index (Phi) is 1.56. The predicted octanol–water partition coefficient (Wildman–Crippen LogP) is 0.998. The van der Waals surface area contributed by atoms with Crippen molar-refractivity contribution in [1.82, 2.24) is 0 Å². The van der Waals surface area contributed by atoms with Gasteiger partial charge in [-0.15, -0.1) is 0 Å². The van der Waals surface area contributed by atoms with Gasteiger partial charge in [0.05, 0.1) is 18.8 Å². The number of allylic oxidation sites excluding steroid dienone is 1. The van der Waals surface area contributed by atoms with Crippen molar-refractivity contribution in [2.45, 2.75) is 19.3 Å². The van der Waals surface area contributed by atoms with Crippen LogP contribution in [0.3, 0.4) is 0 Å². The zero-order valence-corrected chi connectivity index (χ0v) is 6.26. The zero-order chi connectivity index (χ0) is 7.68. The van der Waals surface area contributed by atoms with Gasteiger partial charge >= 0.3 is 5.97 Å². The second-order valence-corrected chi connectivity index (χ2v) is 2.74. The Morgan fingerprint density at radius 3 is 2.55 bits per heavy atom. The second-order valence-electron chi connectivity index (χ2n) is 2.74. The first-order valence-corrected chi connectivity index (χ1v) is 3.90. The minimum absolute atomic E-state index is 0.179. The molecule has 2 fully saturated rings. The molecule has 0 spiro atoms. The third-order valence-electron chi connectivity index (χ3n) is 1.99. The maximum atomic E-state index is 11.0. The first-order chi connectivity index (χ1) is 5.38. The molecule has 2 aliphatic rings. The van der Waals surface area contributed by atoms with Gasteiger partial charge in [-0.25, -0.2) is 4.79 Å². The minimum Gasteiger partial charge on any atom is -0.497 e. The third kappa shape index (κ3) is 1.11. The first-order valence-electron chi connectivity index (χ1n) is 3.90. The van der Waals surface area contributed by atoms with Crippen molar-refractivity contribution in [2.75, 3.05) is 13.2 Å². The summed E-state index contributed by atoms with van der Waals surface area (Å²) in [4.78, 5) is 11.0. The number of cyclic esters (lactones) is 1. The Bertz CT molecular complexity index is 209. The standard InChI is InChI=1S/C8H10O3/c9-8-6(3-5-11-8)7-2-1-4-10-7/h1-5H2. The van der Waals surface area contributed by atoms with Crippen LogP contribution in [0.5, 0.6) is 0 Å². The lowest BCUT2D eigenvalue weighted by molar-refractivity contribution is -0.135. The summed E-state index contributed by atoms with van der Waals surface area (Å²) < 4.78 is 10.1. The van der Waals surface area contributed by atoms with Crippen molar-refractivity contribution in [3.05, 3.63) is 11.3 Å². The molecule has 0 bridgehead atoms. The summed E-state index contributed by atoms with van der Waals surface area (Å²) >= 11 is 0. The van der Waals surface area contributed by atoms with E-state index in [0.717, 1.165) is 37.2 Å². The van der Waals surface area contributed by atoms with Crippen LogP contribution in [-0.4, -0.2) is 19.2 Å². The fourth-order valence-corrected chi connectivity index (χ4v) is 1.43. The average Bonchev–Trinajstić information content (AvgIpc) is 2.55. The monoisotopic (exact) mass is 154 g/mol. The molecule has 2 heterocycles. The van der Waals surface area contributed by atoms with Crippen LogP contribution in [0.25, 0.3) is 0 Å². The van der Waals surface area contributed by atoms with E-state index < -0.39 is 0 Å². The van der Waals surface area contributed by atoms with E-state index in [1.54, 1.807) is 0 Å². The Morgan fingerprint density at radius 1 is 1.09 bits per heavy atom. The normalized spacial score (nSPS) is 30.4. The van der Waals surface area contributed by atoms with Crippen molar-refractivity contribution >= 4 is 5.97 Å². The van der Waals surface area contributed by atoms with E-state index in [2.05, 4.69) is 0 Å². The maximum Gasteiger partial charge on any atom is 0.337 e. The van der Waals surface area contributed by atoms with Crippen molar-refractivity contribution < 1.29 is 14.3 Å². The number of esters is 1. The molecule has 11 heavy (non-hydrogen) atoms. The molecule has 60 valence electrons. The molecule has 0 atom stereocenters. The van der Waals surface area contributed by atoms with Gasteiger partial charge in [-0.2, -0.15) is 0 Å². The number of ether oxygens (including phenoxy) is 2. The van der Waals surface area contributed by atoms with Crippen molar-refractivity contribution in [2.24, 2.45) is 0 Å². The molecule has 0 radical (unpaired) electrons. The number of hydrogen-bond acceptors (Lipinski definition) is 3. The molecule has 0 unspecified atom stereocenters. The van der Waals surface area contributed by atoms with Gasteiger partial charge in [-0.3, -0.25) is 0 Å². The van der Waals surface area contributed by atoms with Crippen LogP contribution in [0, 0.1) is 0 Å². The van der Waals surface area contributed by atoms with Gasteiger partial charge in [-0.05, 0) is 6.42 Å². The summed E-state index contributed by atoms with van der Waals surface area (Å²) in [6.07, 6.45) is 2.67. The molecular weight excluding hydrogens is 144 g/mol. The van der Waals surface area contributed by atoms with E-state index >= 15 is 0 Å². The minimum atomic E-state index is -0.179. The van der Waals surface area contributed by atoms with Gasteiger partial charge in [0.25, 0.3) is 0 Å². The summed E-state index contributed by atoms with van der Waals surface area (Å²) in [5, 5.41) is 0. The third-order valence-corrected chi connectivity index (χ3v) is 1.99. The van der Waals surface area contributed by atoms with E-state index in [1.807, 2.05) is 0 Å². The Labute approximate surface area is 65.0 Å². The van der Waals surface area contributed by atoms with E-state index in [9.17, 15) is 4.79 Å². The number of carbonyl (C=O) groups excluding carboxylic acids is 1. The fourth-order valence-electron chi connectivity index (χ4n) is 1.43. The highest BCUT2D eigenvalue weighted by molar-refractivity contribution is 5.90.